The fourth-order valence-corrected chi connectivity index (χ4v) is 5.03. The highest BCUT2D eigenvalue weighted by atomic mass is 16.2. The van der Waals surface area contributed by atoms with E-state index in [0.717, 1.165) is 63.3 Å². The molecule has 1 amide bonds. The molecule has 0 spiro atoms. The van der Waals surface area contributed by atoms with E-state index in [-0.39, 0.29) is 5.91 Å². The second-order valence-corrected chi connectivity index (χ2v) is 8.97. The number of nitrogens with zero attached hydrogens (tertiary/aromatic N) is 7. The molecule has 4 aromatic heterocycles. The summed E-state index contributed by atoms with van der Waals surface area (Å²) in [6.07, 6.45) is 4.53. The van der Waals surface area contributed by atoms with Gasteiger partial charge in [0, 0.05) is 62.4 Å². The molecule has 0 aliphatic carbocycles. The van der Waals surface area contributed by atoms with Crippen molar-refractivity contribution >= 4 is 33.5 Å². The van der Waals surface area contributed by atoms with Gasteiger partial charge in [0.2, 0.25) is 5.91 Å². The van der Waals surface area contributed by atoms with E-state index >= 15 is 0 Å². The SMILES string of the molecule is CCc1nc(-c2cccc3cc(-c4cnc5c(N)nn(C)c5c4)ncc23)c2n1CCN(C(C)=O)C2. The number of carbonyl (C=O) groups excluding carboxylic acids is 1. The first-order valence-electron chi connectivity index (χ1n) is 11.8. The van der Waals surface area contributed by atoms with Crippen molar-refractivity contribution < 1.29 is 4.79 Å². The lowest BCUT2D eigenvalue weighted by atomic mass is 10.0. The highest BCUT2D eigenvalue weighted by Crippen LogP contribution is 2.34. The van der Waals surface area contributed by atoms with Crippen molar-refractivity contribution in [2.24, 2.45) is 7.05 Å². The molecule has 176 valence electrons. The van der Waals surface area contributed by atoms with Gasteiger partial charge < -0.3 is 15.2 Å². The zero-order valence-electron chi connectivity index (χ0n) is 20.0. The van der Waals surface area contributed by atoms with Crippen LogP contribution in [0.3, 0.4) is 0 Å². The van der Waals surface area contributed by atoms with E-state index < -0.39 is 0 Å². The minimum atomic E-state index is 0.0893. The molecule has 9 nitrogen and oxygen atoms in total. The van der Waals surface area contributed by atoms with Crippen molar-refractivity contribution in [3.05, 3.63) is 54.2 Å². The summed E-state index contributed by atoms with van der Waals surface area (Å²) in [5.74, 6) is 1.56. The van der Waals surface area contributed by atoms with Crippen LogP contribution < -0.4 is 5.73 Å². The fourth-order valence-electron chi connectivity index (χ4n) is 5.03. The molecule has 6 rings (SSSR count). The lowest BCUT2D eigenvalue weighted by Gasteiger charge is -2.28. The molecule has 35 heavy (non-hydrogen) atoms. The lowest BCUT2D eigenvalue weighted by Crippen LogP contribution is -2.37. The van der Waals surface area contributed by atoms with Crippen molar-refractivity contribution in [1.29, 1.82) is 0 Å². The molecule has 0 saturated heterocycles. The summed E-state index contributed by atoms with van der Waals surface area (Å²) in [5, 5.41) is 6.35. The highest BCUT2D eigenvalue weighted by Gasteiger charge is 2.26. The zero-order chi connectivity index (χ0) is 24.3. The second kappa shape index (κ2) is 7.90. The molecule has 9 heteroatoms. The Morgan fingerprint density at radius 3 is 2.80 bits per heavy atom. The third-order valence-corrected chi connectivity index (χ3v) is 6.88. The number of carbonyl (C=O) groups is 1. The van der Waals surface area contributed by atoms with Crippen LogP contribution in [-0.4, -0.2) is 46.7 Å². The summed E-state index contributed by atoms with van der Waals surface area (Å²) in [6.45, 7) is 5.80. The minimum absolute atomic E-state index is 0.0893. The van der Waals surface area contributed by atoms with Crippen LogP contribution in [0.15, 0.2) is 42.7 Å². The monoisotopic (exact) mass is 466 g/mol. The summed E-state index contributed by atoms with van der Waals surface area (Å²) in [5.41, 5.74) is 12.3. The van der Waals surface area contributed by atoms with Crippen LogP contribution in [0, 0.1) is 0 Å². The maximum atomic E-state index is 12.1. The summed E-state index contributed by atoms with van der Waals surface area (Å²) >= 11 is 0. The molecule has 0 bridgehead atoms. The maximum absolute atomic E-state index is 12.1. The van der Waals surface area contributed by atoms with E-state index in [1.807, 2.05) is 30.3 Å². The van der Waals surface area contributed by atoms with Gasteiger partial charge in [-0.1, -0.05) is 25.1 Å². The predicted octanol–water partition coefficient (Wildman–Crippen LogP) is 3.55. The van der Waals surface area contributed by atoms with Crippen molar-refractivity contribution in [2.75, 3.05) is 12.3 Å². The fraction of sp³-hybridized carbons (Fsp3) is 0.269. The van der Waals surface area contributed by atoms with Crippen LogP contribution in [-0.2, 0) is 31.4 Å². The van der Waals surface area contributed by atoms with Gasteiger partial charge in [-0.2, -0.15) is 5.10 Å². The van der Waals surface area contributed by atoms with Gasteiger partial charge in [0.25, 0.3) is 0 Å². The van der Waals surface area contributed by atoms with Crippen molar-refractivity contribution in [3.63, 3.8) is 0 Å². The van der Waals surface area contributed by atoms with Crippen molar-refractivity contribution in [3.8, 4) is 22.5 Å². The van der Waals surface area contributed by atoms with E-state index in [9.17, 15) is 4.79 Å². The number of aromatic nitrogens is 6. The number of nitrogen functional groups attached to an aromatic ring is 1. The van der Waals surface area contributed by atoms with Crippen LogP contribution in [0.2, 0.25) is 0 Å². The van der Waals surface area contributed by atoms with Gasteiger partial charge in [0.1, 0.15) is 11.3 Å². The Bertz CT molecular complexity index is 1630. The summed E-state index contributed by atoms with van der Waals surface area (Å²) < 4.78 is 4.01. The number of pyridine rings is 2. The molecule has 0 saturated carbocycles. The number of hydrogen-bond acceptors (Lipinski definition) is 6. The van der Waals surface area contributed by atoms with Crippen LogP contribution in [0.4, 0.5) is 5.82 Å². The third-order valence-electron chi connectivity index (χ3n) is 6.88. The molecule has 1 aromatic carbocycles. The molecule has 2 N–H and O–H groups in total. The molecular weight excluding hydrogens is 440 g/mol. The van der Waals surface area contributed by atoms with Gasteiger partial charge in [-0.3, -0.25) is 14.5 Å². The molecule has 0 unspecified atom stereocenters. The Balaban J connectivity index is 1.47. The normalized spacial score (nSPS) is 13.5. The lowest BCUT2D eigenvalue weighted by molar-refractivity contribution is -0.130. The molecule has 5 aromatic rings. The van der Waals surface area contributed by atoms with Gasteiger partial charge in [-0.05, 0) is 17.5 Å². The topological polar surface area (TPSA) is 108 Å². The highest BCUT2D eigenvalue weighted by molar-refractivity contribution is 5.98. The Morgan fingerprint density at radius 1 is 1.14 bits per heavy atom. The molecule has 0 radical (unpaired) electrons. The summed E-state index contributed by atoms with van der Waals surface area (Å²) in [6, 6.07) is 10.3. The van der Waals surface area contributed by atoms with Crippen LogP contribution >= 0.6 is 0 Å². The van der Waals surface area contributed by atoms with Gasteiger partial charge in [0.15, 0.2) is 5.82 Å². The van der Waals surface area contributed by atoms with Crippen molar-refractivity contribution in [2.45, 2.75) is 33.4 Å². The standard InChI is InChI=1S/C26H26N8O/c1-4-23-30-24(22-14-33(15(2)35)8-9-34(22)23)18-7-5-6-16-10-20(28-13-19(16)18)17-11-21-25(29-12-17)26(27)31-32(21)3/h5-7,10-13H,4,8-9,14H2,1-3H3,(H2,27,31). The Hall–Kier alpha value is -4.27. The number of hydrogen-bond donors (Lipinski definition) is 1. The number of rotatable bonds is 3. The first-order chi connectivity index (χ1) is 16.9. The van der Waals surface area contributed by atoms with E-state index in [2.05, 4.69) is 39.8 Å². The number of anilines is 1. The first-order valence-corrected chi connectivity index (χ1v) is 11.8. The smallest absolute Gasteiger partial charge is 0.219 e. The van der Waals surface area contributed by atoms with Gasteiger partial charge in [-0.25, -0.2) is 9.97 Å². The van der Waals surface area contributed by atoms with Crippen LogP contribution in [0.5, 0.6) is 0 Å². The molecule has 0 atom stereocenters. The first kappa shape index (κ1) is 21.3. The zero-order valence-corrected chi connectivity index (χ0v) is 20.0. The number of nitrogens with two attached hydrogens (primary N) is 1. The van der Waals surface area contributed by atoms with E-state index in [0.29, 0.717) is 24.4 Å². The van der Waals surface area contributed by atoms with E-state index in [4.69, 9.17) is 15.7 Å². The Labute approximate surface area is 202 Å². The second-order valence-electron chi connectivity index (χ2n) is 8.97. The third kappa shape index (κ3) is 3.34. The Kier molecular flexibility index (Phi) is 4.80. The summed E-state index contributed by atoms with van der Waals surface area (Å²) in [7, 11) is 1.85. The molecular formula is C26H26N8O. The number of aryl methyl sites for hydroxylation is 2. The number of amides is 1. The van der Waals surface area contributed by atoms with Crippen molar-refractivity contribution in [1.82, 2.24) is 34.2 Å². The number of imidazole rings is 1. The average Bonchev–Trinajstić information content (AvgIpc) is 3.38. The largest absolute Gasteiger partial charge is 0.380 e. The summed E-state index contributed by atoms with van der Waals surface area (Å²) in [4.78, 5) is 28.3. The molecule has 0 fully saturated rings. The quantitative estimate of drug-likeness (QED) is 0.436. The molecule has 1 aliphatic heterocycles. The maximum Gasteiger partial charge on any atom is 0.219 e. The van der Waals surface area contributed by atoms with E-state index in [1.54, 1.807) is 17.8 Å². The van der Waals surface area contributed by atoms with Gasteiger partial charge in [-0.15, -0.1) is 0 Å². The Morgan fingerprint density at radius 2 is 2.00 bits per heavy atom. The van der Waals surface area contributed by atoms with E-state index in [1.165, 1.54) is 0 Å². The van der Waals surface area contributed by atoms with Crippen LogP contribution in [0.25, 0.3) is 44.3 Å². The molecule has 5 heterocycles. The van der Waals surface area contributed by atoms with Crippen LogP contribution in [0.1, 0.15) is 25.4 Å². The van der Waals surface area contributed by atoms with Gasteiger partial charge >= 0.3 is 0 Å². The van der Waals surface area contributed by atoms with Gasteiger partial charge in [0.05, 0.1) is 29.1 Å². The number of benzene rings is 1. The minimum Gasteiger partial charge on any atom is -0.380 e. The predicted molar refractivity (Wildman–Crippen MR) is 135 cm³/mol. The number of fused-ring (bicyclic) bond motifs is 3. The molecule has 1 aliphatic rings. The average molecular weight is 467 g/mol.